The molecule has 0 amide bonds. The third-order valence-corrected chi connectivity index (χ3v) is 3.47. The van der Waals surface area contributed by atoms with Crippen molar-refractivity contribution in [2.24, 2.45) is 5.92 Å². The Bertz CT molecular complexity index is 391. The van der Waals surface area contributed by atoms with Gasteiger partial charge in [0.15, 0.2) is 0 Å². The number of furan rings is 1. The van der Waals surface area contributed by atoms with E-state index in [-0.39, 0.29) is 12.5 Å². The second kappa shape index (κ2) is 6.73. The fourth-order valence-corrected chi connectivity index (χ4v) is 2.57. The Morgan fingerprint density at radius 2 is 2.42 bits per heavy atom. The molecule has 0 aromatic carbocycles. The summed E-state index contributed by atoms with van der Waals surface area (Å²) in [7, 11) is 0. The van der Waals surface area contributed by atoms with Crippen molar-refractivity contribution in [3.8, 4) is 0 Å². The maximum Gasteiger partial charge on any atom is 0.303 e. The van der Waals surface area contributed by atoms with E-state index in [0.29, 0.717) is 12.3 Å². The molecular formula is C14H22N2O3. The molecule has 5 heteroatoms. The summed E-state index contributed by atoms with van der Waals surface area (Å²) < 4.78 is 5.39. The SMILES string of the molecule is CC1CNC(CCC(=O)O)CN(Cc2ccco2)C1. The normalized spacial score (nSPS) is 25.1. The minimum absolute atomic E-state index is 0.223. The van der Waals surface area contributed by atoms with Crippen LogP contribution in [0.25, 0.3) is 0 Å². The summed E-state index contributed by atoms with van der Waals surface area (Å²) in [5.41, 5.74) is 0. The lowest BCUT2D eigenvalue weighted by Crippen LogP contribution is -2.37. The van der Waals surface area contributed by atoms with Crippen LogP contribution in [0.1, 0.15) is 25.5 Å². The summed E-state index contributed by atoms with van der Waals surface area (Å²) in [5, 5.41) is 12.2. The molecule has 5 nitrogen and oxygen atoms in total. The molecule has 1 aliphatic rings. The molecule has 106 valence electrons. The Morgan fingerprint density at radius 3 is 3.11 bits per heavy atom. The molecule has 1 aromatic rings. The summed E-state index contributed by atoms with van der Waals surface area (Å²) in [4.78, 5) is 13.0. The van der Waals surface area contributed by atoms with Crippen LogP contribution in [0.3, 0.4) is 0 Å². The van der Waals surface area contributed by atoms with E-state index >= 15 is 0 Å². The Kier molecular flexibility index (Phi) is 4.99. The predicted molar refractivity (Wildman–Crippen MR) is 71.8 cm³/mol. The van der Waals surface area contributed by atoms with E-state index < -0.39 is 5.97 Å². The summed E-state index contributed by atoms with van der Waals surface area (Å²) in [6.07, 6.45) is 2.59. The van der Waals surface area contributed by atoms with E-state index in [9.17, 15) is 4.79 Å². The number of hydrogen-bond donors (Lipinski definition) is 2. The molecule has 2 N–H and O–H groups in total. The van der Waals surface area contributed by atoms with Gasteiger partial charge < -0.3 is 14.8 Å². The standard InChI is InChI=1S/C14H22N2O3/c1-11-7-15-12(4-5-14(17)18)9-16(8-11)10-13-3-2-6-19-13/h2-3,6,11-12,15H,4-5,7-10H2,1H3,(H,17,18). The van der Waals surface area contributed by atoms with Crippen LogP contribution in [-0.4, -0.2) is 41.7 Å². The Labute approximate surface area is 113 Å². The molecule has 0 saturated carbocycles. The van der Waals surface area contributed by atoms with Crippen molar-refractivity contribution in [1.82, 2.24) is 10.2 Å². The molecule has 1 saturated heterocycles. The molecule has 1 aromatic heterocycles. The molecular weight excluding hydrogens is 244 g/mol. The Hall–Kier alpha value is -1.33. The largest absolute Gasteiger partial charge is 0.481 e. The second-order valence-electron chi connectivity index (χ2n) is 5.42. The fraction of sp³-hybridized carbons (Fsp3) is 0.643. The molecule has 2 heterocycles. The zero-order valence-electron chi connectivity index (χ0n) is 11.3. The first-order chi connectivity index (χ1) is 9.13. The molecule has 1 fully saturated rings. The van der Waals surface area contributed by atoms with E-state index in [1.54, 1.807) is 6.26 Å². The summed E-state index contributed by atoms with van der Waals surface area (Å²) in [6, 6.07) is 4.13. The fourth-order valence-electron chi connectivity index (χ4n) is 2.57. The van der Waals surface area contributed by atoms with Crippen molar-refractivity contribution in [3.63, 3.8) is 0 Å². The topological polar surface area (TPSA) is 65.7 Å². The maximum absolute atomic E-state index is 10.7. The first-order valence-corrected chi connectivity index (χ1v) is 6.83. The van der Waals surface area contributed by atoms with Crippen LogP contribution < -0.4 is 5.32 Å². The van der Waals surface area contributed by atoms with E-state index in [2.05, 4.69) is 17.1 Å². The minimum atomic E-state index is -0.725. The third-order valence-electron chi connectivity index (χ3n) is 3.47. The van der Waals surface area contributed by atoms with Gasteiger partial charge in [0.2, 0.25) is 0 Å². The number of carbonyl (C=O) groups is 1. The summed E-state index contributed by atoms with van der Waals surface area (Å²) >= 11 is 0. The number of rotatable bonds is 5. The van der Waals surface area contributed by atoms with Crippen LogP contribution in [0.4, 0.5) is 0 Å². The second-order valence-corrected chi connectivity index (χ2v) is 5.42. The van der Waals surface area contributed by atoms with Crippen LogP contribution in [0.15, 0.2) is 22.8 Å². The molecule has 19 heavy (non-hydrogen) atoms. The van der Waals surface area contributed by atoms with Gasteiger partial charge in [0.1, 0.15) is 5.76 Å². The summed E-state index contributed by atoms with van der Waals surface area (Å²) in [5.74, 6) is 0.799. The zero-order valence-corrected chi connectivity index (χ0v) is 11.3. The lowest BCUT2D eigenvalue weighted by atomic mass is 10.1. The molecule has 1 aliphatic heterocycles. The smallest absolute Gasteiger partial charge is 0.303 e. The number of nitrogens with zero attached hydrogens (tertiary/aromatic N) is 1. The van der Waals surface area contributed by atoms with Crippen molar-refractivity contribution in [2.75, 3.05) is 19.6 Å². The molecule has 2 atom stereocenters. The molecule has 0 radical (unpaired) electrons. The monoisotopic (exact) mass is 266 g/mol. The van der Waals surface area contributed by atoms with Gasteiger partial charge in [-0.1, -0.05) is 6.92 Å². The van der Waals surface area contributed by atoms with Gasteiger partial charge >= 0.3 is 5.97 Å². The van der Waals surface area contributed by atoms with E-state index in [0.717, 1.165) is 31.9 Å². The van der Waals surface area contributed by atoms with Crippen molar-refractivity contribution >= 4 is 5.97 Å². The highest BCUT2D eigenvalue weighted by molar-refractivity contribution is 5.66. The summed E-state index contributed by atoms with van der Waals surface area (Å²) in [6.45, 7) is 5.83. The van der Waals surface area contributed by atoms with Gasteiger partial charge in [0.25, 0.3) is 0 Å². The number of hydrogen-bond acceptors (Lipinski definition) is 4. The highest BCUT2D eigenvalue weighted by atomic mass is 16.4. The van der Waals surface area contributed by atoms with Crippen LogP contribution in [-0.2, 0) is 11.3 Å². The van der Waals surface area contributed by atoms with E-state index in [1.807, 2.05) is 12.1 Å². The van der Waals surface area contributed by atoms with Crippen molar-refractivity contribution in [1.29, 1.82) is 0 Å². The zero-order chi connectivity index (χ0) is 13.7. The van der Waals surface area contributed by atoms with Gasteiger partial charge in [-0.15, -0.1) is 0 Å². The lowest BCUT2D eigenvalue weighted by molar-refractivity contribution is -0.137. The number of aliphatic carboxylic acids is 1. The molecule has 2 rings (SSSR count). The van der Waals surface area contributed by atoms with Gasteiger partial charge in [-0.05, 0) is 31.0 Å². The number of carboxylic acid groups (broad SMARTS) is 1. The molecule has 2 unspecified atom stereocenters. The van der Waals surface area contributed by atoms with Crippen LogP contribution in [0.2, 0.25) is 0 Å². The van der Waals surface area contributed by atoms with Crippen molar-refractivity contribution in [2.45, 2.75) is 32.4 Å². The van der Waals surface area contributed by atoms with Crippen molar-refractivity contribution < 1.29 is 14.3 Å². The quantitative estimate of drug-likeness (QED) is 0.846. The van der Waals surface area contributed by atoms with Gasteiger partial charge in [0.05, 0.1) is 12.8 Å². The number of carboxylic acids is 1. The third kappa shape index (κ3) is 4.69. The number of nitrogens with one attached hydrogen (secondary N) is 1. The van der Waals surface area contributed by atoms with E-state index in [1.165, 1.54) is 0 Å². The molecule has 0 aliphatic carbocycles. The van der Waals surface area contributed by atoms with Crippen LogP contribution in [0.5, 0.6) is 0 Å². The van der Waals surface area contributed by atoms with Crippen LogP contribution in [0, 0.1) is 5.92 Å². The predicted octanol–water partition coefficient (Wildman–Crippen LogP) is 1.55. The van der Waals surface area contributed by atoms with E-state index in [4.69, 9.17) is 9.52 Å². The van der Waals surface area contributed by atoms with Crippen LogP contribution >= 0.6 is 0 Å². The Morgan fingerprint density at radius 1 is 1.58 bits per heavy atom. The highest BCUT2D eigenvalue weighted by Gasteiger charge is 2.22. The maximum atomic E-state index is 10.7. The molecule has 0 bridgehead atoms. The van der Waals surface area contributed by atoms with Crippen molar-refractivity contribution in [3.05, 3.63) is 24.2 Å². The van der Waals surface area contributed by atoms with Gasteiger partial charge in [-0.3, -0.25) is 9.69 Å². The first-order valence-electron chi connectivity index (χ1n) is 6.83. The van der Waals surface area contributed by atoms with Gasteiger partial charge in [0, 0.05) is 25.6 Å². The average molecular weight is 266 g/mol. The highest BCUT2D eigenvalue weighted by Crippen LogP contribution is 2.13. The molecule has 0 spiro atoms. The lowest BCUT2D eigenvalue weighted by Gasteiger charge is -2.23. The van der Waals surface area contributed by atoms with Gasteiger partial charge in [-0.25, -0.2) is 0 Å². The van der Waals surface area contributed by atoms with Gasteiger partial charge in [-0.2, -0.15) is 0 Å². The Balaban J connectivity index is 1.91. The average Bonchev–Trinajstić information content (AvgIpc) is 2.78. The first kappa shape index (κ1) is 14.1. The minimum Gasteiger partial charge on any atom is -0.481 e.